The van der Waals surface area contributed by atoms with Crippen molar-refractivity contribution in [3.05, 3.63) is 65.7 Å². The Morgan fingerprint density at radius 3 is 2.45 bits per heavy atom. The quantitative estimate of drug-likeness (QED) is 0.848. The second kappa shape index (κ2) is 6.55. The number of primary sulfonamides is 1. The van der Waals surface area contributed by atoms with Gasteiger partial charge in [0.1, 0.15) is 0 Å². The Bertz CT molecular complexity index is 813. The lowest BCUT2D eigenvalue weighted by Crippen LogP contribution is -2.15. The number of aryl methyl sites for hydroxylation is 1. The van der Waals surface area contributed by atoms with Gasteiger partial charge in [-0.1, -0.05) is 36.4 Å². The Labute approximate surface area is 129 Å². The Hall–Kier alpha value is -2.44. The number of hydrogen-bond donors (Lipinski definition) is 2. The molecule has 0 heterocycles. The molecule has 6 heteroatoms. The standard InChI is InChI=1S/C16H16N2O3S/c1-12-7-9-14(11-15(12)22(17,20)21)18-16(19)10-8-13-5-3-2-4-6-13/h2-11H,1H3,(H,18,19)(H2,17,20,21)/b10-8+. The van der Waals surface area contributed by atoms with Crippen LogP contribution in [0.5, 0.6) is 0 Å². The normalized spacial score (nSPS) is 11.5. The van der Waals surface area contributed by atoms with Crippen LogP contribution in [-0.2, 0) is 14.8 Å². The molecular weight excluding hydrogens is 300 g/mol. The number of anilines is 1. The van der Waals surface area contributed by atoms with Gasteiger partial charge in [0.15, 0.2) is 0 Å². The van der Waals surface area contributed by atoms with Crippen LogP contribution >= 0.6 is 0 Å². The fourth-order valence-corrected chi connectivity index (χ4v) is 2.71. The number of nitrogens with two attached hydrogens (primary N) is 1. The summed E-state index contributed by atoms with van der Waals surface area (Å²) in [5, 5.41) is 7.74. The third kappa shape index (κ3) is 4.28. The zero-order valence-corrected chi connectivity index (χ0v) is 12.8. The summed E-state index contributed by atoms with van der Waals surface area (Å²) in [5.74, 6) is -0.354. The third-order valence-electron chi connectivity index (χ3n) is 2.99. The van der Waals surface area contributed by atoms with Gasteiger partial charge >= 0.3 is 0 Å². The smallest absolute Gasteiger partial charge is 0.248 e. The van der Waals surface area contributed by atoms with Gasteiger partial charge in [0.2, 0.25) is 15.9 Å². The topological polar surface area (TPSA) is 89.3 Å². The summed E-state index contributed by atoms with van der Waals surface area (Å²) in [5.41, 5.74) is 1.80. The van der Waals surface area contributed by atoms with Crippen molar-refractivity contribution in [1.82, 2.24) is 0 Å². The van der Waals surface area contributed by atoms with Gasteiger partial charge in [-0.3, -0.25) is 4.79 Å². The minimum atomic E-state index is -3.82. The molecule has 1 amide bonds. The van der Waals surface area contributed by atoms with E-state index < -0.39 is 10.0 Å². The minimum absolute atomic E-state index is 0.00246. The van der Waals surface area contributed by atoms with Crippen LogP contribution < -0.4 is 10.5 Å². The summed E-state index contributed by atoms with van der Waals surface area (Å²) in [6, 6.07) is 13.9. The zero-order chi connectivity index (χ0) is 16.2. The first-order chi connectivity index (χ1) is 10.4. The first-order valence-corrected chi connectivity index (χ1v) is 8.08. The summed E-state index contributed by atoms with van der Waals surface area (Å²) < 4.78 is 22.9. The zero-order valence-electron chi connectivity index (χ0n) is 12.0. The Kier molecular flexibility index (Phi) is 4.75. The highest BCUT2D eigenvalue weighted by Crippen LogP contribution is 2.19. The van der Waals surface area contributed by atoms with Crippen LogP contribution in [-0.4, -0.2) is 14.3 Å². The minimum Gasteiger partial charge on any atom is -0.322 e. The number of carbonyl (C=O) groups is 1. The average Bonchev–Trinajstić information content (AvgIpc) is 2.47. The van der Waals surface area contributed by atoms with Gasteiger partial charge in [0.05, 0.1) is 4.90 Å². The molecule has 114 valence electrons. The van der Waals surface area contributed by atoms with E-state index in [4.69, 9.17) is 5.14 Å². The molecule has 0 saturated heterocycles. The van der Waals surface area contributed by atoms with Crippen molar-refractivity contribution < 1.29 is 13.2 Å². The first-order valence-electron chi connectivity index (χ1n) is 6.54. The van der Waals surface area contributed by atoms with Gasteiger partial charge in [-0.15, -0.1) is 0 Å². The highest BCUT2D eigenvalue weighted by atomic mass is 32.2. The van der Waals surface area contributed by atoms with Gasteiger partial charge in [-0.25, -0.2) is 13.6 Å². The molecular formula is C16H16N2O3S. The van der Waals surface area contributed by atoms with E-state index in [0.717, 1.165) is 5.56 Å². The van der Waals surface area contributed by atoms with E-state index in [1.807, 2.05) is 30.3 Å². The molecule has 0 radical (unpaired) electrons. The molecule has 0 spiro atoms. The van der Waals surface area contributed by atoms with Crippen molar-refractivity contribution in [2.24, 2.45) is 5.14 Å². The van der Waals surface area contributed by atoms with Crippen molar-refractivity contribution >= 4 is 27.7 Å². The van der Waals surface area contributed by atoms with Crippen molar-refractivity contribution in [1.29, 1.82) is 0 Å². The van der Waals surface area contributed by atoms with Crippen LogP contribution in [0.4, 0.5) is 5.69 Å². The fourth-order valence-electron chi connectivity index (χ4n) is 1.90. The van der Waals surface area contributed by atoms with E-state index in [-0.39, 0.29) is 10.8 Å². The van der Waals surface area contributed by atoms with Crippen molar-refractivity contribution in [2.75, 3.05) is 5.32 Å². The second-order valence-electron chi connectivity index (χ2n) is 4.76. The van der Waals surface area contributed by atoms with Crippen molar-refractivity contribution in [2.45, 2.75) is 11.8 Å². The number of carbonyl (C=O) groups excluding carboxylic acids is 1. The van der Waals surface area contributed by atoms with Crippen LogP contribution in [0, 0.1) is 6.92 Å². The number of hydrogen-bond acceptors (Lipinski definition) is 3. The molecule has 0 aromatic heterocycles. The predicted molar refractivity (Wildman–Crippen MR) is 86.7 cm³/mol. The molecule has 2 aromatic carbocycles. The van der Waals surface area contributed by atoms with Crippen LogP contribution in [0.15, 0.2) is 59.5 Å². The monoisotopic (exact) mass is 316 g/mol. The van der Waals surface area contributed by atoms with E-state index in [9.17, 15) is 13.2 Å². The van der Waals surface area contributed by atoms with Crippen LogP contribution in [0.25, 0.3) is 6.08 Å². The predicted octanol–water partition coefficient (Wildman–Crippen LogP) is 2.29. The maximum absolute atomic E-state index is 11.9. The molecule has 22 heavy (non-hydrogen) atoms. The summed E-state index contributed by atoms with van der Waals surface area (Å²) in [6.07, 6.45) is 3.05. The Morgan fingerprint density at radius 1 is 1.14 bits per heavy atom. The number of rotatable bonds is 4. The highest BCUT2D eigenvalue weighted by molar-refractivity contribution is 7.89. The lowest BCUT2D eigenvalue weighted by molar-refractivity contribution is -0.111. The van der Waals surface area contributed by atoms with Crippen molar-refractivity contribution in [3.8, 4) is 0 Å². The summed E-state index contributed by atoms with van der Waals surface area (Å²) in [7, 11) is -3.82. The lowest BCUT2D eigenvalue weighted by Gasteiger charge is -2.07. The molecule has 0 saturated carbocycles. The third-order valence-corrected chi connectivity index (χ3v) is 4.04. The molecule has 5 nitrogen and oxygen atoms in total. The van der Waals surface area contributed by atoms with E-state index in [1.54, 1.807) is 25.1 Å². The molecule has 2 aromatic rings. The number of nitrogens with one attached hydrogen (secondary N) is 1. The number of amides is 1. The molecule has 0 aliphatic carbocycles. The maximum Gasteiger partial charge on any atom is 0.248 e. The van der Waals surface area contributed by atoms with Crippen LogP contribution in [0.1, 0.15) is 11.1 Å². The van der Waals surface area contributed by atoms with Crippen molar-refractivity contribution in [3.63, 3.8) is 0 Å². The maximum atomic E-state index is 11.9. The van der Waals surface area contributed by atoms with E-state index in [1.165, 1.54) is 12.1 Å². The van der Waals surface area contributed by atoms with Gasteiger partial charge < -0.3 is 5.32 Å². The molecule has 0 fully saturated rings. The Morgan fingerprint density at radius 2 is 1.82 bits per heavy atom. The largest absolute Gasteiger partial charge is 0.322 e. The van der Waals surface area contributed by atoms with Gasteiger partial charge in [0, 0.05) is 11.8 Å². The summed E-state index contributed by atoms with van der Waals surface area (Å²) >= 11 is 0. The van der Waals surface area contributed by atoms with Gasteiger partial charge in [-0.05, 0) is 36.3 Å². The number of benzene rings is 2. The second-order valence-corrected chi connectivity index (χ2v) is 6.29. The van der Waals surface area contributed by atoms with Gasteiger partial charge in [0.25, 0.3) is 0 Å². The number of sulfonamides is 1. The SMILES string of the molecule is Cc1ccc(NC(=O)/C=C/c2ccccc2)cc1S(N)(=O)=O. The molecule has 0 atom stereocenters. The lowest BCUT2D eigenvalue weighted by atomic mass is 10.2. The molecule has 0 aliphatic rings. The van der Waals surface area contributed by atoms with Gasteiger partial charge in [-0.2, -0.15) is 0 Å². The summed E-state index contributed by atoms with van der Waals surface area (Å²) in [6.45, 7) is 1.64. The highest BCUT2D eigenvalue weighted by Gasteiger charge is 2.12. The molecule has 0 aliphatic heterocycles. The van der Waals surface area contributed by atoms with Crippen LogP contribution in [0.2, 0.25) is 0 Å². The van der Waals surface area contributed by atoms with Crippen LogP contribution in [0.3, 0.4) is 0 Å². The average molecular weight is 316 g/mol. The molecule has 0 bridgehead atoms. The van der Waals surface area contributed by atoms with E-state index >= 15 is 0 Å². The molecule has 0 unspecified atom stereocenters. The first kappa shape index (κ1) is 15.9. The Balaban J connectivity index is 2.14. The molecule has 3 N–H and O–H groups in total. The van der Waals surface area contributed by atoms with E-state index in [0.29, 0.717) is 11.3 Å². The summed E-state index contributed by atoms with van der Waals surface area (Å²) in [4.78, 5) is 11.9. The molecule has 2 rings (SSSR count). The van der Waals surface area contributed by atoms with E-state index in [2.05, 4.69) is 5.32 Å². The fraction of sp³-hybridized carbons (Fsp3) is 0.0625.